The molecule has 11 heteroatoms. The molecule has 0 aliphatic carbocycles. The second kappa shape index (κ2) is 11.4. The zero-order chi connectivity index (χ0) is 24.6. The highest BCUT2D eigenvalue weighted by Gasteiger charge is 2.32. The van der Waals surface area contributed by atoms with Gasteiger partial charge in [-0.2, -0.15) is 13.2 Å². The highest BCUT2D eigenvalue weighted by molar-refractivity contribution is 6.31. The topological polar surface area (TPSA) is 87.1 Å². The van der Waals surface area contributed by atoms with Gasteiger partial charge in [0, 0.05) is 37.4 Å². The van der Waals surface area contributed by atoms with E-state index in [0.29, 0.717) is 36.6 Å². The van der Waals surface area contributed by atoms with Gasteiger partial charge in [0.15, 0.2) is 0 Å². The molecular formula is C22H23ClF3NO6. The molecule has 0 fully saturated rings. The number of rotatable bonds is 11. The van der Waals surface area contributed by atoms with E-state index in [1.54, 1.807) is 12.1 Å². The van der Waals surface area contributed by atoms with E-state index in [0.717, 1.165) is 6.08 Å². The lowest BCUT2D eigenvalue weighted by Gasteiger charge is -2.27. The highest BCUT2D eigenvalue weighted by atomic mass is 35.5. The van der Waals surface area contributed by atoms with Crippen molar-refractivity contribution in [2.75, 3.05) is 20.5 Å². The summed E-state index contributed by atoms with van der Waals surface area (Å²) in [6, 6.07) is 5.31. The number of alkyl halides is 3. The van der Waals surface area contributed by atoms with Crippen LogP contribution in [0.4, 0.5) is 13.2 Å². The normalized spacial score (nSPS) is 12.2. The number of aromatic nitrogens is 1. The summed E-state index contributed by atoms with van der Waals surface area (Å²) in [5.41, 5.74) is -1.35. The fourth-order valence-corrected chi connectivity index (χ4v) is 2.76. The summed E-state index contributed by atoms with van der Waals surface area (Å²) in [7, 11) is 1.52. The third-order valence-electron chi connectivity index (χ3n) is 4.18. The fraction of sp³-hybridized carbons (Fsp3) is 0.364. The monoisotopic (exact) mass is 489 g/mol. The summed E-state index contributed by atoms with van der Waals surface area (Å²) < 4.78 is 60.4. The third-order valence-corrected chi connectivity index (χ3v) is 4.45. The van der Waals surface area contributed by atoms with Crippen molar-refractivity contribution in [2.24, 2.45) is 0 Å². The first-order valence-electron chi connectivity index (χ1n) is 9.62. The largest absolute Gasteiger partial charge is 0.488 e. The first-order valence-corrected chi connectivity index (χ1v) is 10.0. The van der Waals surface area contributed by atoms with Crippen molar-refractivity contribution in [3.63, 3.8) is 0 Å². The lowest BCUT2D eigenvalue weighted by molar-refractivity contribution is -0.138. The number of carboxylic acid groups (broad SMARTS) is 1. The van der Waals surface area contributed by atoms with Crippen LogP contribution >= 0.6 is 11.6 Å². The average molecular weight is 490 g/mol. The van der Waals surface area contributed by atoms with Gasteiger partial charge in [-0.15, -0.1) is 0 Å². The van der Waals surface area contributed by atoms with Gasteiger partial charge in [-0.05, 0) is 38.1 Å². The van der Waals surface area contributed by atoms with Crippen LogP contribution in [0, 0.1) is 0 Å². The van der Waals surface area contributed by atoms with E-state index in [1.165, 1.54) is 19.3 Å². The van der Waals surface area contributed by atoms with Crippen LogP contribution in [-0.2, 0) is 20.4 Å². The van der Waals surface area contributed by atoms with E-state index in [2.05, 4.69) is 4.98 Å². The lowest BCUT2D eigenvalue weighted by atomic mass is 10.1. The van der Waals surface area contributed by atoms with Gasteiger partial charge < -0.3 is 24.1 Å². The number of carboxylic acids is 1. The molecule has 33 heavy (non-hydrogen) atoms. The van der Waals surface area contributed by atoms with Gasteiger partial charge in [-0.25, -0.2) is 9.78 Å². The van der Waals surface area contributed by atoms with Gasteiger partial charge in [-0.1, -0.05) is 11.6 Å². The predicted octanol–water partition coefficient (Wildman–Crippen LogP) is 5.81. The van der Waals surface area contributed by atoms with Crippen molar-refractivity contribution < 1.29 is 42.0 Å². The maximum absolute atomic E-state index is 12.9. The first kappa shape index (κ1) is 26.4. The predicted molar refractivity (Wildman–Crippen MR) is 115 cm³/mol. The third kappa shape index (κ3) is 8.56. The number of nitrogens with zero attached hydrogens (tertiary/aromatic N) is 1. The van der Waals surface area contributed by atoms with Crippen molar-refractivity contribution in [1.29, 1.82) is 0 Å². The number of pyridine rings is 1. The number of benzene rings is 1. The highest BCUT2D eigenvalue weighted by Crippen LogP contribution is 2.37. The molecule has 0 radical (unpaired) electrons. The number of methoxy groups -OCH3 is 1. The van der Waals surface area contributed by atoms with Crippen LogP contribution < -0.4 is 9.47 Å². The Balaban J connectivity index is 2.31. The number of hydrogen-bond acceptors (Lipinski definition) is 6. The molecule has 1 N–H and O–H groups in total. The fourth-order valence-electron chi connectivity index (χ4n) is 2.56. The minimum atomic E-state index is -4.61. The molecule has 1 aromatic carbocycles. The van der Waals surface area contributed by atoms with Gasteiger partial charge in [0.05, 0.1) is 12.2 Å². The summed E-state index contributed by atoms with van der Waals surface area (Å²) in [6.45, 7) is 4.22. The summed E-state index contributed by atoms with van der Waals surface area (Å²) >= 11 is 5.94. The van der Waals surface area contributed by atoms with Crippen molar-refractivity contribution >= 4 is 23.6 Å². The first-order chi connectivity index (χ1) is 15.4. The molecule has 0 unspecified atom stereocenters. The smallest absolute Gasteiger partial charge is 0.417 e. The standard InChI is InChI=1S/C22H23ClF3NO6/c1-21(2,8-9-31-13-30-3)33-16-6-4-14(5-7-19(28)29)18(11-16)32-20-17(23)10-15(12-27-20)22(24,25)26/h4-7,10-12H,8-9,13H2,1-3H3,(H,28,29). The average Bonchev–Trinajstić information content (AvgIpc) is 2.71. The maximum atomic E-state index is 12.9. The Morgan fingerprint density at radius 3 is 2.58 bits per heavy atom. The van der Waals surface area contributed by atoms with Crippen LogP contribution in [0.5, 0.6) is 17.4 Å². The maximum Gasteiger partial charge on any atom is 0.417 e. The van der Waals surface area contributed by atoms with Gasteiger partial charge in [-0.3, -0.25) is 0 Å². The number of halogens is 4. The second-order valence-electron chi connectivity index (χ2n) is 7.41. The van der Waals surface area contributed by atoms with E-state index in [1.807, 2.05) is 13.8 Å². The Hall–Kier alpha value is -2.82. The molecule has 0 aliphatic rings. The quantitative estimate of drug-likeness (QED) is 0.242. The summed E-state index contributed by atoms with van der Waals surface area (Å²) in [5, 5.41) is 8.56. The molecule has 0 saturated heterocycles. The molecule has 0 atom stereocenters. The Bertz CT molecular complexity index is 995. The van der Waals surface area contributed by atoms with Gasteiger partial charge in [0.1, 0.15) is 28.9 Å². The molecule has 0 spiro atoms. The molecular weight excluding hydrogens is 467 g/mol. The second-order valence-corrected chi connectivity index (χ2v) is 7.82. The van der Waals surface area contributed by atoms with E-state index >= 15 is 0 Å². The van der Waals surface area contributed by atoms with E-state index < -0.39 is 23.3 Å². The number of ether oxygens (including phenoxy) is 4. The number of hydrogen-bond donors (Lipinski definition) is 1. The van der Waals surface area contributed by atoms with Crippen LogP contribution in [0.3, 0.4) is 0 Å². The van der Waals surface area contributed by atoms with Gasteiger partial charge in [0.25, 0.3) is 0 Å². The van der Waals surface area contributed by atoms with Gasteiger partial charge >= 0.3 is 12.1 Å². The van der Waals surface area contributed by atoms with Crippen molar-refractivity contribution in [3.8, 4) is 17.4 Å². The zero-order valence-electron chi connectivity index (χ0n) is 18.1. The molecule has 0 amide bonds. The summed E-state index contributed by atoms with van der Waals surface area (Å²) in [6.07, 6.45) is -1.33. The minimum absolute atomic E-state index is 0.0885. The molecule has 0 bridgehead atoms. The van der Waals surface area contributed by atoms with Crippen LogP contribution in [-0.4, -0.2) is 42.2 Å². The molecule has 0 aliphatic heterocycles. The molecule has 0 saturated carbocycles. The molecule has 2 aromatic rings. The number of aliphatic carboxylic acids is 1. The lowest BCUT2D eigenvalue weighted by Crippen LogP contribution is -2.30. The van der Waals surface area contributed by atoms with Crippen molar-refractivity contribution in [2.45, 2.75) is 32.0 Å². The van der Waals surface area contributed by atoms with Crippen LogP contribution in [0.25, 0.3) is 6.08 Å². The Morgan fingerprint density at radius 1 is 1.24 bits per heavy atom. The Morgan fingerprint density at radius 2 is 1.97 bits per heavy atom. The van der Waals surface area contributed by atoms with E-state index in [9.17, 15) is 18.0 Å². The summed E-state index contributed by atoms with van der Waals surface area (Å²) in [5.74, 6) is -1.01. The van der Waals surface area contributed by atoms with Crippen LogP contribution in [0.15, 0.2) is 36.5 Å². The molecule has 1 aromatic heterocycles. The van der Waals surface area contributed by atoms with E-state index in [-0.39, 0.29) is 23.4 Å². The van der Waals surface area contributed by atoms with Crippen molar-refractivity contribution in [3.05, 3.63) is 52.7 Å². The minimum Gasteiger partial charge on any atom is -0.488 e. The van der Waals surface area contributed by atoms with E-state index in [4.69, 9.17) is 35.7 Å². The molecule has 180 valence electrons. The summed E-state index contributed by atoms with van der Waals surface area (Å²) in [4.78, 5) is 14.6. The van der Waals surface area contributed by atoms with Gasteiger partial charge in [0.2, 0.25) is 5.88 Å². The molecule has 2 rings (SSSR count). The molecule has 1 heterocycles. The number of carbonyl (C=O) groups is 1. The Kier molecular flexibility index (Phi) is 9.09. The van der Waals surface area contributed by atoms with Crippen molar-refractivity contribution in [1.82, 2.24) is 4.98 Å². The Labute approximate surface area is 193 Å². The SMILES string of the molecule is COCOCCC(C)(C)Oc1ccc(C=CC(=O)O)c(Oc2ncc(C(F)(F)F)cc2Cl)c1. The molecule has 7 nitrogen and oxygen atoms in total. The zero-order valence-corrected chi connectivity index (χ0v) is 18.9. The van der Waals surface area contributed by atoms with Crippen LogP contribution in [0.1, 0.15) is 31.4 Å². The van der Waals surface area contributed by atoms with Crippen LogP contribution in [0.2, 0.25) is 5.02 Å².